The van der Waals surface area contributed by atoms with Crippen LogP contribution in [0.1, 0.15) is 10.4 Å². The van der Waals surface area contributed by atoms with Crippen molar-refractivity contribution in [3.05, 3.63) is 53.8 Å². The van der Waals surface area contributed by atoms with Gasteiger partial charge in [-0.05, 0) is 49.5 Å². The fourth-order valence-electron chi connectivity index (χ4n) is 2.92. The van der Waals surface area contributed by atoms with Gasteiger partial charge in [0.15, 0.2) is 0 Å². The molecule has 28 heavy (non-hydrogen) atoms. The van der Waals surface area contributed by atoms with Crippen LogP contribution in [0.4, 0.5) is 10.1 Å². The number of piperazine rings is 1. The molecule has 0 atom stereocenters. The summed E-state index contributed by atoms with van der Waals surface area (Å²) < 4.78 is 45.8. The lowest BCUT2D eigenvalue weighted by molar-refractivity contribution is 0.102. The first-order valence-corrected chi connectivity index (χ1v) is 10.2. The summed E-state index contributed by atoms with van der Waals surface area (Å²) in [5.74, 6) is -0.732. The van der Waals surface area contributed by atoms with Crippen molar-refractivity contribution in [1.29, 1.82) is 0 Å². The second-order valence-electron chi connectivity index (χ2n) is 6.53. The second-order valence-corrected chi connectivity index (χ2v) is 8.44. The summed E-state index contributed by atoms with van der Waals surface area (Å²) in [7, 11) is -0.490. The van der Waals surface area contributed by atoms with E-state index in [1.54, 1.807) is 0 Å². The number of nitrogens with zero attached hydrogens (tertiary/aromatic N) is 2. The molecule has 0 aromatic heterocycles. The maximum atomic E-state index is 13.1. The predicted molar refractivity (Wildman–Crippen MR) is 104 cm³/mol. The van der Waals surface area contributed by atoms with E-state index in [1.807, 2.05) is 7.05 Å². The van der Waals surface area contributed by atoms with E-state index in [9.17, 15) is 17.6 Å². The van der Waals surface area contributed by atoms with E-state index in [0.717, 1.165) is 0 Å². The van der Waals surface area contributed by atoms with Crippen molar-refractivity contribution < 1.29 is 22.3 Å². The Morgan fingerprint density at radius 1 is 1.07 bits per heavy atom. The quantitative estimate of drug-likeness (QED) is 0.821. The zero-order chi connectivity index (χ0) is 20.3. The molecule has 0 saturated carbocycles. The van der Waals surface area contributed by atoms with Crippen LogP contribution in [-0.4, -0.2) is 63.9 Å². The molecule has 0 radical (unpaired) electrons. The van der Waals surface area contributed by atoms with Gasteiger partial charge in [-0.1, -0.05) is 0 Å². The third kappa shape index (κ3) is 4.32. The van der Waals surface area contributed by atoms with Gasteiger partial charge in [0.25, 0.3) is 5.91 Å². The first-order valence-electron chi connectivity index (χ1n) is 8.75. The Hall–Kier alpha value is -2.49. The van der Waals surface area contributed by atoms with Crippen molar-refractivity contribution in [2.75, 3.05) is 45.7 Å². The summed E-state index contributed by atoms with van der Waals surface area (Å²) >= 11 is 0. The molecular weight excluding hydrogens is 385 g/mol. The summed E-state index contributed by atoms with van der Waals surface area (Å²) in [6, 6.07) is 9.58. The van der Waals surface area contributed by atoms with Gasteiger partial charge in [-0.25, -0.2) is 12.8 Å². The highest BCUT2D eigenvalue weighted by atomic mass is 32.2. The zero-order valence-electron chi connectivity index (χ0n) is 15.7. The van der Waals surface area contributed by atoms with Crippen molar-refractivity contribution in [1.82, 2.24) is 9.21 Å². The molecule has 9 heteroatoms. The van der Waals surface area contributed by atoms with Crippen LogP contribution in [0, 0.1) is 5.82 Å². The zero-order valence-corrected chi connectivity index (χ0v) is 16.5. The van der Waals surface area contributed by atoms with Crippen LogP contribution in [0.25, 0.3) is 0 Å². The molecule has 0 aliphatic carbocycles. The summed E-state index contributed by atoms with van der Waals surface area (Å²) in [4.78, 5) is 14.5. The Balaban J connectivity index is 1.89. The normalized spacial score (nSPS) is 16.0. The van der Waals surface area contributed by atoms with Gasteiger partial charge in [0, 0.05) is 37.4 Å². The van der Waals surface area contributed by atoms with E-state index in [1.165, 1.54) is 53.9 Å². The van der Waals surface area contributed by atoms with Gasteiger partial charge in [-0.2, -0.15) is 4.31 Å². The van der Waals surface area contributed by atoms with Crippen molar-refractivity contribution in [2.45, 2.75) is 4.90 Å². The molecule has 7 nitrogen and oxygen atoms in total. The number of sulfonamides is 1. The summed E-state index contributed by atoms with van der Waals surface area (Å²) in [6.07, 6.45) is 0. The van der Waals surface area contributed by atoms with E-state index in [2.05, 4.69) is 10.2 Å². The average molecular weight is 407 g/mol. The van der Waals surface area contributed by atoms with Crippen LogP contribution in [0.15, 0.2) is 47.4 Å². The number of halogens is 1. The van der Waals surface area contributed by atoms with Gasteiger partial charge in [0.05, 0.1) is 7.11 Å². The maximum absolute atomic E-state index is 13.1. The molecule has 3 rings (SSSR count). The number of methoxy groups -OCH3 is 1. The topological polar surface area (TPSA) is 78.9 Å². The van der Waals surface area contributed by atoms with Gasteiger partial charge in [0.1, 0.15) is 16.5 Å². The summed E-state index contributed by atoms with van der Waals surface area (Å²) in [6.45, 7) is 2.00. The smallest absolute Gasteiger partial charge is 0.255 e. The number of ether oxygens (including phenoxy) is 1. The number of carbonyl (C=O) groups is 1. The number of carbonyl (C=O) groups excluding carboxylic acids is 1. The Kier molecular flexibility index (Phi) is 5.97. The third-order valence-electron chi connectivity index (χ3n) is 4.61. The van der Waals surface area contributed by atoms with Crippen LogP contribution in [0.2, 0.25) is 0 Å². The minimum Gasteiger partial charge on any atom is -0.495 e. The van der Waals surface area contributed by atoms with Crippen molar-refractivity contribution in [3.63, 3.8) is 0 Å². The van der Waals surface area contributed by atoms with Crippen LogP contribution in [0.3, 0.4) is 0 Å². The molecule has 1 N–H and O–H groups in total. The first kappa shape index (κ1) is 20.2. The van der Waals surface area contributed by atoms with E-state index >= 15 is 0 Å². The summed E-state index contributed by atoms with van der Waals surface area (Å²) in [5, 5.41) is 2.63. The molecule has 1 fully saturated rings. The minimum atomic E-state index is -3.81. The fourth-order valence-corrected chi connectivity index (χ4v) is 4.53. The Morgan fingerprint density at radius 2 is 1.71 bits per heavy atom. The molecule has 1 heterocycles. The van der Waals surface area contributed by atoms with E-state index in [-0.39, 0.29) is 16.2 Å². The third-order valence-corrected chi connectivity index (χ3v) is 6.53. The number of likely N-dealkylation sites (N-methyl/N-ethyl adjacent to an activating group) is 1. The predicted octanol–water partition coefficient (Wildman–Crippen LogP) is 2.02. The number of anilines is 1. The van der Waals surface area contributed by atoms with E-state index < -0.39 is 21.7 Å². The standard InChI is InChI=1S/C19H22FN3O4S/c1-22-9-11-23(12-10-22)28(25,26)18-13-14(3-8-17(18)27-2)19(24)21-16-6-4-15(20)5-7-16/h3-8,13H,9-12H2,1-2H3,(H,21,24). The Bertz CT molecular complexity index is 956. The largest absolute Gasteiger partial charge is 0.495 e. The van der Waals surface area contributed by atoms with Gasteiger partial charge in [0.2, 0.25) is 10.0 Å². The molecular formula is C19H22FN3O4S. The minimum absolute atomic E-state index is 0.0497. The van der Waals surface area contributed by atoms with Gasteiger partial charge < -0.3 is 15.0 Å². The van der Waals surface area contributed by atoms with Crippen LogP contribution in [0.5, 0.6) is 5.75 Å². The lowest BCUT2D eigenvalue weighted by atomic mass is 10.2. The molecule has 2 aromatic rings. The Morgan fingerprint density at radius 3 is 2.32 bits per heavy atom. The fraction of sp³-hybridized carbons (Fsp3) is 0.316. The maximum Gasteiger partial charge on any atom is 0.255 e. The van der Waals surface area contributed by atoms with E-state index in [4.69, 9.17) is 4.74 Å². The molecule has 1 amide bonds. The van der Waals surface area contributed by atoms with E-state index in [0.29, 0.717) is 31.9 Å². The van der Waals surface area contributed by atoms with Gasteiger partial charge >= 0.3 is 0 Å². The monoisotopic (exact) mass is 407 g/mol. The highest BCUT2D eigenvalue weighted by molar-refractivity contribution is 7.89. The number of hydrogen-bond donors (Lipinski definition) is 1. The molecule has 1 aliphatic heterocycles. The second kappa shape index (κ2) is 8.26. The molecule has 150 valence electrons. The molecule has 0 bridgehead atoms. The van der Waals surface area contributed by atoms with Crippen LogP contribution >= 0.6 is 0 Å². The van der Waals surface area contributed by atoms with Crippen LogP contribution in [-0.2, 0) is 10.0 Å². The SMILES string of the molecule is COc1ccc(C(=O)Nc2ccc(F)cc2)cc1S(=O)(=O)N1CCN(C)CC1. The lowest BCUT2D eigenvalue weighted by Crippen LogP contribution is -2.47. The Labute approximate surface area is 163 Å². The van der Waals surface area contributed by atoms with Crippen molar-refractivity contribution in [2.24, 2.45) is 0 Å². The number of amides is 1. The first-order chi connectivity index (χ1) is 13.3. The van der Waals surface area contributed by atoms with Crippen molar-refractivity contribution >= 4 is 21.6 Å². The number of benzene rings is 2. The average Bonchev–Trinajstić information content (AvgIpc) is 2.69. The van der Waals surface area contributed by atoms with Crippen molar-refractivity contribution in [3.8, 4) is 5.75 Å². The molecule has 0 spiro atoms. The molecule has 1 aliphatic rings. The molecule has 2 aromatic carbocycles. The number of hydrogen-bond acceptors (Lipinski definition) is 5. The molecule has 1 saturated heterocycles. The van der Waals surface area contributed by atoms with Gasteiger partial charge in [-0.3, -0.25) is 4.79 Å². The highest BCUT2D eigenvalue weighted by Gasteiger charge is 2.30. The highest BCUT2D eigenvalue weighted by Crippen LogP contribution is 2.29. The van der Waals surface area contributed by atoms with Crippen LogP contribution < -0.4 is 10.1 Å². The van der Waals surface area contributed by atoms with Gasteiger partial charge in [-0.15, -0.1) is 0 Å². The molecule has 0 unspecified atom stereocenters. The lowest BCUT2D eigenvalue weighted by Gasteiger charge is -2.31. The number of rotatable bonds is 5. The number of nitrogens with one attached hydrogen (secondary N) is 1. The summed E-state index contributed by atoms with van der Waals surface area (Å²) in [5.41, 5.74) is 0.573.